The van der Waals surface area contributed by atoms with E-state index in [0.29, 0.717) is 19.3 Å². The lowest BCUT2D eigenvalue weighted by Gasteiger charge is -2.34. The molecule has 2 fully saturated rings. The van der Waals surface area contributed by atoms with Gasteiger partial charge in [0, 0.05) is 7.05 Å². The van der Waals surface area contributed by atoms with Crippen molar-refractivity contribution in [3.8, 4) is 0 Å². The van der Waals surface area contributed by atoms with Gasteiger partial charge in [-0.3, -0.25) is 8.98 Å². The number of ether oxygens (including phenoxy) is 1. The highest BCUT2D eigenvalue weighted by Crippen LogP contribution is 2.49. The lowest BCUT2D eigenvalue weighted by molar-refractivity contribution is -0.236. The van der Waals surface area contributed by atoms with Gasteiger partial charge in [0.25, 0.3) is 0 Å². The van der Waals surface area contributed by atoms with E-state index in [-0.39, 0.29) is 11.8 Å². The first-order valence-corrected chi connectivity index (χ1v) is 9.25. The molecule has 0 saturated heterocycles. The summed E-state index contributed by atoms with van der Waals surface area (Å²) in [6.45, 7) is 2.05. The molecule has 0 heterocycles. The predicted octanol–water partition coefficient (Wildman–Crippen LogP) is 2.16. The number of esters is 1. The molecular formula is C14H22F3NO5S. The summed E-state index contributed by atoms with van der Waals surface area (Å²) in [5, 5.41) is 0. The van der Waals surface area contributed by atoms with Gasteiger partial charge in [0.2, 0.25) is 0 Å². The third kappa shape index (κ3) is 3.41. The van der Waals surface area contributed by atoms with E-state index >= 15 is 0 Å². The molecule has 10 heteroatoms. The second-order valence-corrected chi connectivity index (χ2v) is 8.11. The molecule has 2 rings (SSSR count). The summed E-state index contributed by atoms with van der Waals surface area (Å²) < 4.78 is 75.0. The van der Waals surface area contributed by atoms with Crippen LogP contribution >= 0.6 is 0 Å². The van der Waals surface area contributed by atoms with Gasteiger partial charge in [0.05, 0.1) is 0 Å². The van der Waals surface area contributed by atoms with Crippen molar-refractivity contribution >= 4 is 16.3 Å². The Labute approximate surface area is 139 Å². The molecule has 1 N–H and O–H groups in total. The first-order valence-electron chi connectivity index (χ1n) is 7.84. The lowest BCUT2D eigenvalue weighted by atomic mass is 9.86. The van der Waals surface area contributed by atoms with E-state index in [2.05, 4.69) is 0 Å². The first kappa shape index (κ1) is 19.5. The molecule has 0 aromatic rings. The number of alkyl halides is 3. The van der Waals surface area contributed by atoms with Crippen molar-refractivity contribution in [2.45, 2.75) is 57.9 Å². The molecule has 0 amide bonds. The number of halogens is 3. The van der Waals surface area contributed by atoms with Gasteiger partial charge in [-0.2, -0.15) is 26.3 Å². The molecular weight excluding hydrogens is 351 g/mol. The number of hydrogen-bond acceptors (Lipinski definition) is 5. The minimum atomic E-state index is -4.75. The van der Waals surface area contributed by atoms with Crippen molar-refractivity contribution in [2.24, 2.45) is 17.3 Å². The topological polar surface area (TPSA) is 81.7 Å². The van der Waals surface area contributed by atoms with Gasteiger partial charge in [0.1, 0.15) is 12.2 Å². The van der Waals surface area contributed by atoms with Crippen LogP contribution in [0.15, 0.2) is 0 Å². The minimum Gasteiger partial charge on any atom is -0.459 e. The van der Waals surface area contributed by atoms with Crippen LogP contribution in [0.2, 0.25) is 0 Å². The number of nitrogens with one attached hydrogen (secondary N) is 1. The Morgan fingerprint density at radius 2 is 1.75 bits per heavy atom. The fourth-order valence-corrected chi connectivity index (χ4v) is 4.05. The van der Waals surface area contributed by atoms with Gasteiger partial charge < -0.3 is 4.74 Å². The highest BCUT2D eigenvalue weighted by Gasteiger charge is 2.59. The summed E-state index contributed by atoms with van der Waals surface area (Å²) in [6, 6.07) is 0. The maximum atomic E-state index is 13.2. The van der Waals surface area contributed by atoms with Crippen LogP contribution in [0.3, 0.4) is 0 Å². The molecule has 5 unspecified atom stereocenters. The molecule has 24 heavy (non-hydrogen) atoms. The normalized spacial score (nSPS) is 32.6. The van der Waals surface area contributed by atoms with Crippen LogP contribution in [0.4, 0.5) is 13.2 Å². The van der Waals surface area contributed by atoms with Gasteiger partial charge in [-0.1, -0.05) is 6.92 Å². The number of rotatable bonds is 6. The Morgan fingerprint density at radius 1 is 1.21 bits per heavy atom. The number of fused-ring (bicyclic) bond motifs is 2. The lowest BCUT2D eigenvalue weighted by Crippen LogP contribution is -2.48. The van der Waals surface area contributed by atoms with Crippen LogP contribution in [0, 0.1) is 17.3 Å². The van der Waals surface area contributed by atoms with Crippen LogP contribution in [0.1, 0.15) is 39.5 Å². The summed E-state index contributed by atoms with van der Waals surface area (Å²) in [5.41, 5.74) is -2.62. The average Bonchev–Trinajstić information content (AvgIpc) is 3.07. The first-order chi connectivity index (χ1) is 10.9. The molecule has 0 radical (unpaired) electrons. The average molecular weight is 373 g/mol. The smallest absolute Gasteiger partial charge is 0.404 e. The number of carbonyl (C=O) groups is 1. The van der Waals surface area contributed by atoms with Crippen LogP contribution in [-0.4, -0.2) is 39.8 Å². The zero-order chi connectivity index (χ0) is 18.3. The SMILES string of the molecule is CCC(C)(C(=O)OC1C2CCC(C2)C1OS(=O)(=O)NC)C(F)(F)F. The number of carbonyl (C=O) groups excluding carboxylic acids is 1. The van der Waals surface area contributed by atoms with Crippen molar-refractivity contribution < 1.29 is 35.3 Å². The quantitative estimate of drug-likeness (QED) is 0.722. The molecule has 140 valence electrons. The molecule has 6 nitrogen and oxygen atoms in total. The summed E-state index contributed by atoms with van der Waals surface area (Å²) >= 11 is 0. The van der Waals surface area contributed by atoms with E-state index in [9.17, 15) is 26.4 Å². The Bertz CT molecular complexity index is 594. The van der Waals surface area contributed by atoms with Gasteiger partial charge in [-0.15, -0.1) is 0 Å². The van der Waals surface area contributed by atoms with E-state index in [1.54, 1.807) is 0 Å². The molecule has 2 bridgehead atoms. The monoisotopic (exact) mass is 373 g/mol. The molecule has 2 saturated carbocycles. The summed E-state index contributed by atoms with van der Waals surface area (Å²) in [5.74, 6) is -1.70. The van der Waals surface area contributed by atoms with Crippen molar-refractivity contribution in [3.63, 3.8) is 0 Å². The van der Waals surface area contributed by atoms with Crippen LogP contribution in [-0.2, 0) is 24.0 Å². The standard InChI is InChI=1S/C14H22F3NO5S/c1-4-13(2,14(15,16)17)12(19)22-10-8-5-6-9(7-8)11(10)23-24(20,21)18-3/h8-11,18H,4-7H2,1-3H3. The third-order valence-electron chi connectivity index (χ3n) is 5.28. The van der Waals surface area contributed by atoms with E-state index in [1.807, 2.05) is 4.72 Å². The zero-order valence-electron chi connectivity index (χ0n) is 13.7. The van der Waals surface area contributed by atoms with Crippen molar-refractivity contribution in [1.82, 2.24) is 4.72 Å². The number of hydrogen-bond donors (Lipinski definition) is 1. The van der Waals surface area contributed by atoms with E-state index in [0.717, 1.165) is 6.92 Å². The van der Waals surface area contributed by atoms with E-state index in [4.69, 9.17) is 8.92 Å². The summed E-state index contributed by atoms with van der Waals surface area (Å²) in [4.78, 5) is 12.2. The summed E-state index contributed by atoms with van der Waals surface area (Å²) in [7, 11) is -2.86. The van der Waals surface area contributed by atoms with E-state index in [1.165, 1.54) is 14.0 Å². The van der Waals surface area contributed by atoms with E-state index < -0.39 is 46.5 Å². The highest BCUT2D eigenvalue weighted by molar-refractivity contribution is 7.84. The van der Waals surface area contributed by atoms with Crippen LogP contribution in [0.5, 0.6) is 0 Å². The predicted molar refractivity (Wildman–Crippen MR) is 78.0 cm³/mol. The van der Waals surface area contributed by atoms with Crippen LogP contribution < -0.4 is 4.72 Å². The highest BCUT2D eigenvalue weighted by atomic mass is 32.2. The van der Waals surface area contributed by atoms with Gasteiger partial charge in [-0.25, -0.2) is 0 Å². The Hall–Kier alpha value is -0.870. The fourth-order valence-electron chi connectivity index (χ4n) is 3.39. The van der Waals surface area contributed by atoms with Gasteiger partial charge >= 0.3 is 22.4 Å². The van der Waals surface area contributed by atoms with Gasteiger partial charge in [-0.05, 0) is 44.4 Å². The Morgan fingerprint density at radius 3 is 2.21 bits per heavy atom. The third-order valence-corrected chi connectivity index (χ3v) is 6.26. The molecule has 5 atom stereocenters. The fraction of sp³-hybridized carbons (Fsp3) is 0.929. The zero-order valence-corrected chi connectivity index (χ0v) is 14.5. The minimum absolute atomic E-state index is 0.144. The van der Waals surface area contributed by atoms with Gasteiger partial charge in [0.15, 0.2) is 5.41 Å². The molecule has 0 aromatic heterocycles. The Kier molecular flexibility index (Phi) is 5.23. The second-order valence-electron chi connectivity index (χ2n) is 6.61. The maximum Gasteiger partial charge on any atom is 0.404 e. The maximum absolute atomic E-state index is 13.2. The van der Waals surface area contributed by atoms with Crippen molar-refractivity contribution in [3.05, 3.63) is 0 Å². The van der Waals surface area contributed by atoms with Crippen molar-refractivity contribution in [2.75, 3.05) is 7.05 Å². The summed E-state index contributed by atoms with van der Waals surface area (Å²) in [6.07, 6.45) is -5.17. The largest absolute Gasteiger partial charge is 0.459 e. The second kappa shape index (κ2) is 6.45. The molecule has 0 aliphatic heterocycles. The molecule has 2 aliphatic rings. The van der Waals surface area contributed by atoms with Crippen LogP contribution in [0.25, 0.3) is 0 Å². The Balaban J connectivity index is 2.19. The van der Waals surface area contributed by atoms with Crippen molar-refractivity contribution in [1.29, 1.82) is 0 Å². The molecule has 0 aromatic carbocycles. The molecule has 2 aliphatic carbocycles. The molecule has 0 spiro atoms.